The normalized spacial score (nSPS) is 25.8. The van der Waals surface area contributed by atoms with Crippen LogP contribution >= 0.6 is 0 Å². The predicted octanol–water partition coefficient (Wildman–Crippen LogP) is 1.74. The lowest BCUT2D eigenvalue weighted by Crippen LogP contribution is -2.39. The van der Waals surface area contributed by atoms with Crippen molar-refractivity contribution in [2.75, 3.05) is 32.5 Å². The molecule has 2 saturated heterocycles. The molecule has 0 radical (unpaired) electrons. The van der Waals surface area contributed by atoms with E-state index in [0.29, 0.717) is 12.1 Å². The van der Waals surface area contributed by atoms with Crippen LogP contribution in [0.1, 0.15) is 35.3 Å². The number of rotatable bonds is 2. The molecule has 0 aromatic carbocycles. The van der Waals surface area contributed by atoms with E-state index >= 15 is 0 Å². The van der Waals surface area contributed by atoms with Crippen LogP contribution in [0.3, 0.4) is 0 Å². The van der Waals surface area contributed by atoms with Crippen molar-refractivity contribution in [1.82, 2.24) is 14.8 Å². The van der Waals surface area contributed by atoms with Crippen LogP contribution in [-0.4, -0.2) is 60.0 Å². The first kappa shape index (κ1) is 14.3. The fraction of sp³-hybridized carbons (Fsp3) is 0.625. The minimum Gasteiger partial charge on any atom is -0.373 e. The first-order valence-electron chi connectivity index (χ1n) is 7.76. The van der Waals surface area contributed by atoms with Gasteiger partial charge < -0.3 is 10.2 Å². The Balaban J connectivity index is 1.80. The highest BCUT2D eigenvalue weighted by atomic mass is 16.2. The highest BCUT2D eigenvalue weighted by Crippen LogP contribution is 2.29. The molecule has 1 aromatic rings. The maximum absolute atomic E-state index is 12.8. The van der Waals surface area contributed by atoms with E-state index in [2.05, 4.69) is 22.2 Å². The van der Waals surface area contributed by atoms with Crippen LogP contribution in [0, 0.1) is 6.92 Å². The number of nitrogens with zero attached hydrogens (tertiary/aromatic N) is 3. The van der Waals surface area contributed by atoms with Crippen LogP contribution in [0.2, 0.25) is 0 Å². The van der Waals surface area contributed by atoms with Gasteiger partial charge in [0.15, 0.2) is 0 Å². The Morgan fingerprint density at radius 2 is 2.05 bits per heavy atom. The number of fused-ring (bicyclic) bond motifs is 2. The summed E-state index contributed by atoms with van der Waals surface area (Å²) in [5.74, 6) is 0.893. The summed E-state index contributed by atoms with van der Waals surface area (Å²) in [6.45, 7) is 3.64. The van der Waals surface area contributed by atoms with Gasteiger partial charge in [0.05, 0.1) is 0 Å². The van der Waals surface area contributed by atoms with E-state index in [-0.39, 0.29) is 5.91 Å². The second kappa shape index (κ2) is 5.64. The zero-order chi connectivity index (χ0) is 15.0. The lowest BCUT2D eigenvalue weighted by Gasteiger charge is -2.26. The van der Waals surface area contributed by atoms with E-state index in [4.69, 9.17) is 0 Å². The molecule has 0 spiro atoms. The smallest absolute Gasteiger partial charge is 0.254 e. The minimum atomic E-state index is 0.137. The number of carbonyl (C=O) groups is 1. The standard InChI is InChI=1S/C16H24N4O/c1-11-8-12(9-15(17-2)18-11)16(21)20-7-6-13-4-5-14(10-20)19(13)3/h8-9,13-14H,4-7,10H2,1-3H3,(H,17,18). The fourth-order valence-electron chi connectivity index (χ4n) is 3.60. The van der Waals surface area contributed by atoms with Crippen LogP contribution < -0.4 is 5.32 Å². The number of aromatic nitrogens is 1. The lowest BCUT2D eigenvalue weighted by atomic mass is 10.1. The topological polar surface area (TPSA) is 48.5 Å². The molecule has 1 aromatic heterocycles. The van der Waals surface area contributed by atoms with Crippen LogP contribution in [0.5, 0.6) is 0 Å². The highest BCUT2D eigenvalue weighted by molar-refractivity contribution is 5.95. The number of nitrogens with one attached hydrogen (secondary N) is 1. The van der Waals surface area contributed by atoms with Crippen molar-refractivity contribution in [3.63, 3.8) is 0 Å². The van der Waals surface area contributed by atoms with Gasteiger partial charge in [0, 0.05) is 43.5 Å². The molecule has 2 unspecified atom stereocenters. The van der Waals surface area contributed by atoms with Crippen LogP contribution in [0.15, 0.2) is 12.1 Å². The van der Waals surface area contributed by atoms with E-state index in [1.165, 1.54) is 12.8 Å². The molecule has 2 fully saturated rings. The monoisotopic (exact) mass is 288 g/mol. The second-order valence-electron chi connectivity index (χ2n) is 6.22. The maximum Gasteiger partial charge on any atom is 0.254 e. The summed E-state index contributed by atoms with van der Waals surface area (Å²) < 4.78 is 0. The van der Waals surface area contributed by atoms with Crippen molar-refractivity contribution in [3.8, 4) is 0 Å². The molecular weight excluding hydrogens is 264 g/mol. The van der Waals surface area contributed by atoms with Gasteiger partial charge in [-0.1, -0.05) is 0 Å². The molecule has 21 heavy (non-hydrogen) atoms. The first-order chi connectivity index (χ1) is 10.1. The molecule has 2 atom stereocenters. The van der Waals surface area contributed by atoms with Gasteiger partial charge >= 0.3 is 0 Å². The molecule has 3 heterocycles. The minimum absolute atomic E-state index is 0.137. The number of likely N-dealkylation sites (tertiary alicyclic amines) is 1. The van der Waals surface area contributed by atoms with Gasteiger partial charge in [-0.2, -0.15) is 0 Å². The molecule has 0 saturated carbocycles. The van der Waals surface area contributed by atoms with Crippen molar-refractivity contribution in [2.45, 2.75) is 38.3 Å². The number of aryl methyl sites for hydroxylation is 1. The molecular formula is C16H24N4O. The van der Waals surface area contributed by atoms with Crippen LogP contribution in [-0.2, 0) is 0 Å². The summed E-state index contributed by atoms with van der Waals surface area (Å²) in [4.78, 5) is 21.7. The van der Waals surface area contributed by atoms with Crippen molar-refractivity contribution in [2.24, 2.45) is 0 Å². The summed E-state index contributed by atoms with van der Waals surface area (Å²) in [5, 5.41) is 3.02. The molecule has 5 heteroatoms. The van der Waals surface area contributed by atoms with Gasteiger partial charge in [0.2, 0.25) is 0 Å². The Bertz CT molecular complexity index is 545. The molecule has 1 amide bonds. The summed E-state index contributed by atoms with van der Waals surface area (Å²) in [6, 6.07) is 4.91. The number of amides is 1. The quantitative estimate of drug-likeness (QED) is 0.900. The number of likely N-dealkylation sites (N-methyl/N-ethyl adjacent to an activating group) is 1. The maximum atomic E-state index is 12.8. The number of hydrogen-bond donors (Lipinski definition) is 1. The van der Waals surface area contributed by atoms with Crippen molar-refractivity contribution >= 4 is 11.7 Å². The van der Waals surface area contributed by atoms with E-state index in [1.54, 1.807) is 0 Å². The van der Waals surface area contributed by atoms with Gasteiger partial charge in [-0.15, -0.1) is 0 Å². The number of hydrogen-bond acceptors (Lipinski definition) is 4. The second-order valence-corrected chi connectivity index (χ2v) is 6.22. The number of pyridine rings is 1. The third kappa shape index (κ3) is 2.75. The van der Waals surface area contributed by atoms with Crippen LogP contribution in [0.25, 0.3) is 0 Å². The Hall–Kier alpha value is -1.62. The molecule has 5 nitrogen and oxygen atoms in total. The van der Waals surface area contributed by atoms with E-state index < -0.39 is 0 Å². The fourth-order valence-corrected chi connectivity index (χ4v) is 3.60. The van der Waals surface area contributed by atoms with Gasteiger partial charge in [0.25, 0.3) is 5.91 Å². The van der Waals surface area contributed by atoms with E-state index in [9.17, 15) is 4.79 Å². The third-order valence-corrected chi connectivity index (χ3v) is 4.89. The number of carbonyl (C=O) groups excluding carboxylic acids is 1. The highest BCUT2D eigenvalue weighted by Gasteiger charge is 2.36. The molecule has 2 aliphatic rings. The molecule has 2 aliphatic heterocycles. The molecule has 0 aliphatic carbocycles. The molecule has 2 bridgehead atoms. The Kier molecular flexibility index (Phi) is 3.85. The lowest BCUT2D eigenvalue weighted by molar-refractivity contribution is 0.0740. The SMILES string of the molecule is CNc1cc(C(=O)N2CCC3CCC(C2)N3C)cc(C)n1. The average molecular weight is 288 g/mol. The third-order valence-electron chi connectivity index (χ3n) is 4.89. The zero-order valence-corrected chi connectivity index (χ0v) is 13.1. The number of anilines is 1. The van der Waals surface area contributed by atoms with Crippen molar-refractivity contribution in [1.29, 1.82) is 0 Å². The van der Waals surface area contributed by atoms with Gasteiger partial charge in [0.1, 0.15) is 5.82 Å². The summed E-state index contributed by atoms with van der Waals surface area (Å²) in [6.07, 6.45) is 3.57. The molecule has 3 rings (SSSR count). The van der Waals surface area contributed by atoms with Gasteiger partial charge in [-0.25, -0.2) is 4.98 Å². The van der Waals surface area contributed by atoms with E-state index in [0.717, 1.165) is 36.6 Å². The van der Waals surface area contributed by atoms with Gasteiger partial charge in [-0.3, -0.25) is 9.69 Å². The summed E-state index contributed by atoms with van der Waals surface area (Å²) in [7, 11) is 4.03. The average Bonchev–Trinajstić information content (AvgIpc) is 2.71. The summed E-state index contributed by atoms with van der Waals surface area (Å²) >= 11 is 0. The largest absolute Gasteiger partial charge is 0.373 e. The Morgan fingerprint density at radius 3 is 2.81 bits per heavy atom. The van der Waals surface area contributed by atoms with Crippen molar-refractivity contribution in [3.05, 3.63) is 23.4 Å². The van der Waals surface area contributed by atoms with Crippen LogP contribution in [0.4, 0.5) is 5.82 Å². The molecule has 1 N–H and O–H groups in total. The van der Waals surface area contributed by atoms with Gasteiger partial charge in [-0.05, 0) is 45.4 Å². The van der Waals surface area contributed by atoms with Crippen molar-refractivity contribution < 1.29 is 4.79 Å². The predicted molar refractivity (Wildman–Crippen MR) is 83.6 cm³/mol. The Labute approximate surface area is 126 Å². The summed E-state index contributed by atoms with van der Waals surface area (Å²) in [5.41, 5.74) is 1.62. The Morgan fingerprint density at radius 1 is 1.29 bits per heavy atom. The zero-order valence-electron chi connectivity index (χ0n) is 13.1. The first-order valence-corrected chi connectivity index (χ1v) is 7.76. The molecule has 114 valence electrons. The van der Waals surface area contributed by atoms with E-state index in [1.807, 2.05) is 31.0 Å².